The summed E-state index contributed by atoms with van der Waals surface area (Å²) in [6.07, 6.45) is 0. The lowest BCUT2D eigenvalue weighted by atomic mass is 10.2. The molecular formula is C20H13Cl2N3O4S2. The van der Waals surface area contributed by atoms with Crippen molar-refractivity contribution in [3.63, 3.8) is 0 Å². The average molecular weight is 494 g/mol. The summed E-state index contributed by atoms with van der Waals surface area (Å²) >= 11 is 18.2. The van der Waals surface area contributed by atoms with E-state index in [-0.39, 0.29) is 21.3 Å². The van der Waals surface area contributed by atoms with Crippen LogP contribution in [0.2, 0.25) is 10.0 Å². The Labute approximate surface area is 196 Å². The molecule has 0 aliphatic heterocycles. The van der Waals surface area contributed by atoms with Crippen molar-refractivity contribution >= 4 is 68.7 Å². The molecule has 0 aliphatic carbocycles. The molecule has 0 aliphatic rings. The zero-order chi connectivity index (χ0) is 22.7. The Balaban J connectivity index is 1.74. The Morgan fingerprint density at radius 2 is 2.00 bits per heavy atom. The molecule has 31 heavy (non-hydrogen) atoms. The van der Waals surface area contributed by atoms with Crippen LogP contribution in [0.5, 0.6) is 0 Å². The van der Waals surface area contributed by atoms with Gasteiger partial charge in [-0.1, -0.05) is 23.2 Å². The number of carbonyl (C=O) groups excluding carboxylic acids is 2. The molecule has 0 unspecified atom stereocenters. The molecule has 1 aromatic carbocycles. The highest BCUT2D eigenvalue weighted by Gasteiger charge is 2.22. The van der Waals surface area contributed by atoms with Crippen LogP contribution in [-0.2, 0) is 4.74 Å². The number of nitrogens with one attached hydrogen (secondary N) is 2. The number of nitrogens with zero attached hydrogens (tertiary/aromatic N) is 1. The molecule has 11 heteroatoms. The van der Waals surface area contributed by atoms with E-state index >= 15 is 0 Å². The summed E-state index contributed by atoms with van der Waals surface area (Å²) in [5, 5.41) is 15.7. The van der Waals surface area contributed by atoms with E-state index in [1.807, 2.05) is 6.07 Å². The predicted octanol–water partition coefficient (Wildman–Crippen LogP) is 5.41. The number of esters is 1. The van der Waals surface area contributed by atoms with Crippen LogP contribution in [0.4, 0.5) is 5.00 Å². The van der Waals surface area contributed by atoms with Gasteiger partial charge in [0.1, 0.15) is 21.7 Å². The molecule has 0 radical (unpaired) electrons. The van der Waals surface area contributed by atoms with Crippen molar-refractivity contribution in [2.45, 2.75) is 6.92 Å². The molecule has 3 rings (SSSR count). The molecule has 2 N–H and O–H groups in total. The van der Waals surface area contributed by atoms with Crippen LogP contribution < -0.4 is 10.6 Å². The largest absolute Gasteiger partial charge is 0.465 e. The minimum atomic E-state index is -0.603. The maximum atomic E-state index is 12.5. The number of thiocarbonyl (C=S) groups is 1. The summed E-state index contributed by atoms with van der Waals surface area (Å²) in [4.78, 5) is 24.6. The van der Waals surface area contributed by atoms with Gasteiger partial charge < -0.3 is 14.5 Å². The first-order chi connectivity index (χ1) is 14.7. The molecule has 3 aromatic rings. The predicted molar refractivity (Wildman–Crippen MR) is 123 cm³/mol. The number of benzene rings is 1. The lowest BCUT2D eigenvalue weighted by molar-refractivity contribution is 0.0605. The number of nitriles is 1. The van der Waals surface area contributed by atoms with Crippen LogP contribution >= 0.6 is 46.8 Å². The van der Waals surface area contributed by atoms with Crippen molar-refractivity contribution in [1.82, 2.24) is 5.32 Å². The number of halogens is 2. The minimum Gasteiger partial charge on any atom is -0.465 e. The van der Waals surface area contributed by atoms with Gasteiger partial charge in [0, 0.05) is 10.6 Å². The number of amides is 1. The van der Waals surface area contributed by atoms with Gasteiger partial charge in [0.25, 0.3) is 5.91 Å². The fraction of sp³-hybridized carbons (Fsp3) is 0.100. The van der Waals surface area contributed by atoms with Crippen LogP contribution in [0.15, 0.2) is 34.7 Å². The molecule has 158 valence electrons. The van der Waals surface area contributed by atoms with E-state index in [9.17, 15) is 14.9 Å². The van der Waals surface area contributed by atoms with Gasteiger partial charge in [-0.25, -0.2) is 4.79 Å². The van der Waals surface area contributed by atoms with E-state index in [4.69, 9.17) is 44.6 Å². The Morgan fingerprint density at radius 1 is 1.26 bits per heavy atom. The van der Waals surface area contributed by atoms with Crippen LogP contribution in [0.3, 0.4) is 0 Å². The molecular weight excluding hydrogens is 481 g/mol. The van der Waals surface area contributed by atoms with Gasteiger partial charge in [-0.2, -0.15) is 5.26 Å². The van der Waals surface area contributed by atoms with Gasteiger partial charge in [-0.05, 0) is 55.0 Å². The number of methoxy groups -OCH3 is 1. The van der Waals surface area contributed by atoms with Gasteiger partial charge in [0.15, 0.2) is 10.9 Å². The molecule has 0 bridgehead atoms. The Bertz CT molecular complexity index is 1240. The maximum Gasteiger partial charge on any atom is 0.348 e. The van der Waals surface area contributed by atoms with Crippen molar-refractivity contribution in [3.05, 3.63) is 62.1 Å². The zero-order valence-corrected chi connectivity index (χ0v) is 19.2. The van der Waals surface area contributed by atoms with Crippen LogP contribution in [0, 0.1) is 18.3 Å². The monoisotopic (exact) mass is 493 g/mol. The van der Waals surface area contributed by atoms with Gasteiger partial charge in [0.05, 0.1) is 17.7 Å². The first kappa shape index (κ1) is 22.8. The Kier molecular flexibility index (Phi) is 6.97. The maximum absolute atomic E-state index is 12.5. The summed E-state index contributed by atoms with van der Waals surface area (Å²) in [6.45, 7) is 1.63. The number of hydrogen-bond acceptors (Lipinski definition) is 7. The van der Waals surface area contributed by atoms with Crippen LogP contribution in [0.25, 0.3) is 11.3 Å². The fourth-order valence-electron chi connectivity index (χ4n) is 2.62. The molecule has 0 fully saturated rings. The highest BCUT2D eigenvalue weighted by atomic mass is 35.5. The summed E-state index contributed by atoms with van der Waals surface area (Å²) < 4.78 is 10.3. The molecule has 1 amide bonds. The van der Waals surface area contributed by atoms with E-state index in [0.29, 0.717) is 31.9 Å². The number of rotatable bonds is 4. The van der Waals surface area contributed by atoms with E-state index in [0.717, 1.165) is 11.3 Å². The molecule has 0 atom stereocenters. The summed E-state index contributed by atoms with van der Waals surface area (Å²) in [5.41, 5.74) is 1.28. The molecule has 2 aromatic heterocycles. The first-order valence-electron chi connectivity index (χ1n) is 8.54. The highest BCUT2D eigenvalue weighted by molar-refractivity contribution is 7.80. The lowest BCUT2D eigenvalue weighted by Gasteiger charge is -2.07. The van der Waals surface area contributed by atoms with Crippen LogP contribution in [-0.4, -0.2) is 24.1 Å². The quantitative estimate of drug-likeness (QED) is 0.369. The third-order valence-electron chi connectivity index (χ3n) is 4.11. The number of anilines is 1. The summed E-state index contributed by atoms with van der Waals surface area (Å²) in [6, 6.07) is 9.99. The van der Waals surface area contributed by atoms with E-state index in [1.54, 1.807) is 31.2 Å². The minimum absolute atomic E-state index is 0.00304. The molecule has 0 saturated carbocycles. The third-order valence-corrected chi connectivity index (χ3v) is 6.05. The average Bonchev–Trinajstić information content (AvgIpc) is 3.32. The smallest absolute Gasteiger partial charge is 0.348 e. The summed E-state index contributed by atoms with van der Waals surface area (Å²) in [5.74, 6) is -0.780. The Hall–Kier alpha value is -2.90. The van der Waals surface area contributed by atoms with E-state index in [1.165, 1.54) is 13.2 Å². The lowest BCUT2D eigenvalue weighted by Crippen LogP contribution is -2.33. The second-order valence-electron chi connectivity index (χ2n) is 6.06. The topological polar surface area (TPSA) is 104 Å². The van der Waals surface area contributed by atoms with Gasteiger partial charge >= 0.3 is 5.97 Å². The standard InChI is InChI=1S/C20H13Cl2N3O4S2/c1-9-12(8-23)18(31-16(9)19(27)28-2)25-20(30)24-17(26)15-6-5-14(29-15)11-4-3-10(21)7-13(11)22/h3-7H,1-2H3,(H2,24,25,26,30). The van der Waals surface area contributed by atoms with Gasteiger partial charge in [0.2, 0.25) is 0 Å². The molecule has 7 nitrogen and oxygen atoms in total. The van der Waals surface area contributed by atoms with Crippen molar-refractivity contribution in [2.75, 3.05) is 12.4 Å². The number of carbonyl (C=O) groups is 2. The van der Waals surface area contributed by atoms with Crippen LogP contribution in [0.1, 0.15) is 31.4 Å². The third kappa shape index (κ3) is 4.89. The van der Waals surface area contributed by atoms with E-state index in [2.05, 4.69) is 10.6 Å². The molecule has 0 saturated heterocycles. The summed E-state index contributed by atoms with van der Waals surface area (Å²) in [7, 11) is 1.25. The number of hydrogen-bond donors (Lipinski definition) is 2. The van der Waals surface area contributed by atoms with E-state index < -0.39 is 11.9 Å². The number of thiophene rings is 1. The van der Waals surface area contributed by atoms with Crippen molar-refractivity contribution in [2.24, 2.45) is 0 Å². The number of ether oxygens (including phenoxy) is 1. The van der Waals surface area contributed by atoms with Crippen molar-refractivity contribution in [1.29, 1.82) is 5.26 Å². The first-order valence-corrected chi connectivity index (χ1v) is 10.5. The number of furan rings is 1. The van der Waals surface area contributed by atoms with Gasteiger partial charge in [-0.15, -0.1) is 11.3 Å². The molecule has 2 heterocycles. The van der Waals surface area contributed by atoms with Crippen molar-refractivity contribution in [3.8, 4) is 17.4 Å². The second kappa shape index (κ2) is 9.49. The molecule has 0 spiro atoms. The SMILES string of the molecule is COC(=O)c1sc(NC(=S)NC(=O)c2ccc(-c3ccc(Cl)cc3Cl)o2)c(C#N)c1C. The fourth-order valence-corrected chi connectivity index (χ4v) is 4.46. The second-order valence-corrected chi connectivity index (χ2v) is 8.33. The zero-order valence-electron chi connectivity index (χ0n) is 16.0. The van der Waals surface area contributed by atoms with Gasteiger partial charge in [-0.3, -0.25) is 10.1 Å². The Morgan fingerprint density at radius 3 is 2.65 bits per heavy atom. The normalized spacial score (nSPS) is 10.3. The highest BCUT2D eigenvalue weighted by Crippen LogP contribution is 2.33. The van der Waals surface area contributed by atoms with Crippen molar-refractivity contribution < 1.29 is 18.7 Å².